The van der Waals surface area contributed by atoms with Crippen LogP contribution in [0, 0.1) is 23.3 Å². The Hall–Kier alpha value is -3.43. The molecule has 2 aromatic heterocycles. The van der Waals surface area contributed by atoms with Crippen LogP contribution in [0.5, 0.6) is 5.88 Å². The van der Waals surface area contributed by atoms with E-state index >= 15 is 0 Å². The molecule has 0 saturated carbocycles. The summed E-state index contributed by atoms with van der Waals surface area (Å²) in [6, 6.07) is 2.24. The van der Waals surface area contributed by atoms with Crippen LogP contribution >= 0.6 is 0 Å². The molecule has 0 bridgehead atoms. The average Bonchev–Trinajstić information content (AvgIpc) is 3.15. The standard InChI is InChI=1S/C24H24F4N4O2/c1-5-14-10-15-21(30-31(3)22(15)12-7-16(25)20(28)17(26)8-12)19(6-2)32(14)24(33)13-9-18(27)23(34-4)29-11-13/h7-9,11,14,19H,5-6,10H2,1-4H3/t14-,19+/m0/s1. The van der Waals surface area contributed by atoms with Gasteiger partial charge in [0.25, 0.3) is 5.91 Å². The van der Waals surface area contributed by atoms with Crippen LogP contribution in [0.1, 0.15) is 54.3 Å². The fraction of sp³-hybridized carbons (Fsp3) is 0.375. The van der Waals surface area contributed by atoms with Gasteiger partial charge in [0, 0.05) is 30.4 Å². The van der Waals surface area contributed by atoms with E-state index < -0.39 is 35.2 Å². The number of aromatic nitrogens is 3. The SMILES string of the molecule is CC[C@H]1Cc2c(nn(C)c2-c2cc(F)c(F)c(F)c2)[C@@H](CC)N1C(=O)c1cnc(OC)c(F)c1. The molecule has 0 unspecified atom stereocenters. The number of aryl methyl sites for hydroxylation is 1. The Bertz CT molecular complexity index is 1240. The van der Waals surface area contributed by atoms with Crippen molar-refractivity contribution in [3.63, 3.8) is 0 Å². The molecule has 1 aliphatic rings. The predicted molar refractivity (Wildman–Crippen MR) is 116 cm³/mol. The van der Waals surface area contributed by atoms with Gasteiger partial charge in [0.1, 0.15) is 0 Å². The lowest BCUT2D eigenvalue weighted by Crippen LogP contribution is -2.47. The molecule has 3 aromatic rings. The molecule has 1 aliphatic heterocycles. The summed E-state index contributed by atoms with van der Waals surface area (Å²) in [5.41, 5.74) is 2.05. The second kappa shape index (κ2) is 9.08. The number of amides is 1. The lowest BCUT2D eigenvalue weighted by molar-refractivity contribution is 0.0512. The highest BCUT2D eigenvalue weighted by Crippen LogP contribution is 2.41. The molecule has 180 valence electrons. The fourth-order valence-electron chi connectivity index (χ4n) is 4.71. The van der Waals surface area contributed by atoms with Crippen LogP contribution in [0.2, 0.25) is 0 Å². The molecule has 2 atom stereocenters. The van der Waals surface area contributed by atoms with Gasteiger partial charge in [-0.05, 0) is 37.5 Å². The van der Waals surface area contributed by atoms with Crippen molar-refractivity contribution in [2.75, 3.05) is 7.11 Å². The number of hydrogen-bond acceptors (Lipinski definition) is 4. The maximum atomic E-state index is 14.3. The zero-order chi connectivity index (χ0) is 24.7. The van der Waals surface area contributed by atoms with Gasteiger partial charge in [0.15, 0.2) is 23.3 Å². The predicted octanol–water partition coefficient (Wildman–Crippen LogP) is 4.98. The number of methoxy groups -OCH3 is 1. The topological polar surface area (TPSA) is 60.2 Å². The van der Waals surface area contributed by atoms with Crippen molar-refractivity contribution in [3.05, 3.63) is 64.5 Å². The van der Waals surface area contributed by atoms with Gasteiger partial charge >= 0.3 is 0 Å². The van der Waals surface area contributed by atoms with E-state index in [0.29, 0.717) is 30.7 Å². The van der Waals surface area contributed by atoms with Gasteiger partial charge in [-0.25, -0.2) is 22.5 Å². The lowest BCUT2D eigenvalue weighted by atomic mass is 9.87. The number of pyridine rings is 1. The molecule has 1 amide bonds. The largest absolute Gasteiger partial charge is 0.479 e. The third-order valence-electron chi connectivity index (χ3n) is 6.26. The van der Waals surface area contributed by atoms with E-state index in [9.17, 15) is 22.4 Å². The summed E-state index contributed by atoms with van der Waals surface area (Å²) in [7, 11) is 2.92. The van der Waals surface area contributed by atoms with Crippen molar-refractivity contribution in [3.8, 4) is 17.1 Å². The molecule has 0 radical (unpaired) electrons. The Morgan fingerprint density at radius 1 is 1.09 bits per heavy atom. The van der Waals surface area contributed by atoms with Crippen LogP contribution in [0.3, 0.4) is 0 Å². The maximum absolute atomic E-state index is 14.3. The highest BCUT2D eigenvalue weighted by atomic mass is 19.2. The minimum absolute atomic E-state index is 0.0810. The first-order valence-corrected chi connectivity index (χ1v) is 10.9. The molecule has 3 heterocycles. The van der Waals surface area contributed by atoms with Gasteiger partial charge in [-0.3, -0.25) is 9.48 Å². The zero-order valence-electron chi connectivity index (χ0n) is 19.2. The molecular weight excluding hydrogens is 452 g/mol. The van der Waals surface area contributed by atoms with Crippen molar-refractivity contribution in [1.29, 1.82) is 0 Å². The van der Waals surface area contributed by atoms with Crippen LogP contribution in [-0.4, -0.2) is 38.7 Å². The van der Waals surface area contributed by atoms with Gasteiger partial charge in [0.2, 0.25) is 5.88 Å². The van der Waals surface area contributed by atoms with E-state index in [1.807, 2.05) is 13.8 Å². The van der Waals surface area contributed by atoms with Crippen LogP contribution in [-0.2, 0) is 13.5 Å². The van der Waals surface area contributed by atoms with E-state index in [2.05, 4.69) is 10.1 Å². The number of carbonyl (C=O) groups is 1. The van der Waals surface area contributed by atoms with E-state index in [0.717, 1.165) is 23.8 Å². The van der Waals surface area contributed by atoms with Gasteiger partial charge in [-0.2, -0.15) is 5.10 Å². The molecule has 0 saturated heterocycles. The second-order valence-electron chi connectivity index (χ2n) is 8.21. The molecule has 1 aromatic carbocycles. The first-order valence-electron chi connectivity index (χ1n) is 10.9. The highest BCUT2D eigenvalue weighted by Gasteiger charge is 2.40. The number of nitrogens with zero attached hydrogens (tertiary/aromatic N) is 4. The molecular formula is C24H24F4N4O2. The molecule has 10 heteroatoms. The van der Waals surface area contributed by atoms with Crippen molar-refractivity contribution < 1.29 is 27.1 Å². The number of halogens is 4. The average molecular weight is 476 g/mol. The molecule has 4 rings (SSSR count). The quantitative estimate of drug-likeness (QED) is 0.385. The van der Waals surface area contributed by atoms with Crippen molar-refractivity contribution in [1.82, 2.24) is 19.7 Å². The maximum Gasteiger partial charge on any atom is 0.256 e. The lowest BCUT2D eigenvalue weighted by Gasteiger charge is -2.41. The summed E-state index contributed by atoms with van der Waals surface area (Å²) < 4.78 is 62.1. The van der Waals surface area contributed by atoms with Crippen LogP contribution in [0.4, 0.5) is 17.6 Å². The van der Waals surface area contributed by atoms with Crippen molar-refractivity contribution in [2.45, 2.75) is 45.2 Å². The van der Waals surface area contributed by atoms with Crippen LogP contribution in [0.25, 0.3) is 11.3 Å². The van der Waals surface area contributed by atoms with Gasteiger partial charge in [-0.15, -0.1) is 0 Å². The Balaban J connectivity index is 1.81. The van der Waals surface area contributed by atoms with E-state index in [-0.39, 0.29) is 23.0 Å². The monoisotopic (exact) mass is 476 g/mol. The summed E-state index contributed by atoms with van der Waals surface area (Å²) in [5, 5.41) is 4.58. The van der Waals surface area contributed by atoms with Crippen molar-refractivity contribution >= 4 is 5.91 Å². The molecule has 6 nitrogen and oxygen atoms in total. The number of fused-ring (bicyclic) bond motifs is 1. The molecule has 0 N–H and O–H groups in total. The number of ether oxygens (including phenoxy) is 1. The van der Waals surface area contributed by atoms with Crippen LogP contribution in [0.15, 0.2) is 24.4 Å². The summed E-state index contributed by atoms with van der Waals surface area (Å²) in [6.07, 6.45) is 2.72. The Labute approximate surface area is 194 Å². The van der Waals surface area contributed by atoms with Gasteiger partial charge in [0.05, 0.1) is 30.1 Å². The zero-order valence-corrected chi connectivity index (χ0v) is 19.2. The normalized spacial score (nSPS) is 17.6. The fourth-order valence-corrected chi connectivity index (χ4v) is 4.71. The van der Waals surface area contributed by atoms with E-state index in [1.165, 1.54) is 18.0 Å². The second-order valence-corrected chi connectivity index (χ2v) is 8.21. The molecule has 34 heavy (non-hydrogen) atoms. The minimum Gasteiger partial charge on any atom is -0.479 e. The third-order valence-corrected chi connectivity index (χ3v) is 6.26. The number of rotatable bonds is 5. The van der Waals surface area contributed by atoms with Crippen LogP contribution < -0.4 is 4.74 Å². The third kappa shape index (κ3) is 3.80. The summed E-state index contributed by atoms with van der Waals surface area (Å²) in [6.45, 7) is 3.81. The summed E-state index contributed by atoms with van der Waals surface area (Å²) >= 11 is 0. The number of hydrogen-bond donors (Lipinski definition) is 0. The van der Waals surface area contributed by atoms with Crippen molar-refractivity contribution in [2.24, 2.45) is 7.05 Å². The first kappa shape index (κ1) is 23.7. The highest BCUT2D eigenvalue weighted by molar-refractivity contribution is 5.95. The Morgan fingerprint density at radius 2 is 1.76 bits per heavy atom. The Kier molecular flexibility index (Phi) is 6.33. The number of benzene rings is 1. The molecule has 0 spiro atoms. The molecule has 0 aliphatic carbocycles. The minimum atomic E-state index is -1.53. The van der Waals surface area contributed by atoms with E-state index in [1.54, 1.807) is 11.9 Å². The molecule has 0 fully saturated rings. The van der Waals surface area contributed by atoms with Gasteiger partial charge in [-0.1, -0.05) is 13.8 Å². The smallest absolute Gasteiger partial charge is 0.256 e. The Morgan fingerprint density at radius 3 is 2.32 bits per heavy atom. The summed E-state index contributed by atoms with van der Waals surface area (Å²) in [5.74, 6) is -5.45. The number of carbonyl (C=O) groups excluding carboxylic acids is 1. The van der Waals surface area contributed by atoms with Gasteiger partial charge < -0.3 is 9.64 Å². The van der Waals surface area contributed by atoms with E-state index in [4.69, 9.17) is 4.74 Å². The summed E-state index contributed by atoms with van der Waals surface area (Å²) in [4.78, 5) is 19.0. The first-order chi connectivity index (χ1) is 16.2.